The summed E-state index contributed by atoms with van der Waals surface area (Å²) in [6.07, 6.45) is -4.87. The Balaban J connectivity index is 2.57. The Morgan fingerprint density at radius 1 is 1.26 bits per heavy atom. The lowest BCUT2D eigenvalue weighted by Gasteiger charge is -2.17. The predicted molar refractivity (Wildman–Crippen MR) is 71.8 cm³/mol. The van der Waals surface area contributed by atoms with Crippen molar-refractivity contribution in [3.05, 3.63) is 28.7 Å². The Bertz CT molecular complexity index is 700. The second-order valence-corrected chi connectivity index (χ2v) is 5.33. The molecule has 0 unspecified atom stereocenters. The number of hydrogen-bond acceptors (Lipinski definition) is 4. The molecule has 1 aromatic rings. The van der Waals surface area contributed by atoms with Gasteiger partial charge in [-0.15, -0.1) is 0 Å². The highest BCUT2D eigenvalue weighted by atomic mass is 19.4. The van der Waals surface area contributed by atoms with Gasteiger partial charge >= 0.3 is 17.9 Å². The van der Waals surface area contributed by atoms with Crippen LogP contribution in [-0.4, -0.2) is 29.5 Å². The summed E-state index contributed by atoms with van der Waals surface area (Å²) in [4.78, 5) is 39.9. The number of urea groups is 1. The van der Waals surface area contributed by atoms with Gasteiger partial charge in [0.2, 0.25) is 0 Å². The van der Waals surface area contributed by atoms with Crippen LogP contribution in [0.4, 0.5) is 29.3 Å². The Hall–Kier alpha value is -2.65. The van der Waals surface area contributed by atoms with Crippen LogP contribution in [0.25, 0.3) is 0 Å². The van der Waals surface area contributed by atoms with Gasteiger partial charge in [-0.2, -0.15) is 13.2 Å². The maximum Gasteiger partial charge on any atom is 0.423 e. The number of amides is 3. The van der Waals surface area contributed by atoms with Crippen LogP contribution in [-0.2, 0) is 15.8 Å². The van der Waals surface area contributed by atoms with Crippen molar-refractivity contribution in [2.24, 2.45) is 0 Å². The van der Waals surface area contributed by atoms with E-state index in [2.05, 4.69) is 10.2 Å². The summed E-state index contributed by atoms with van der Waals surface area (Å²) in [6, 6.07) is 1.61. The molecule has 2 rings (SSSR count). The number of nitrogens with zero attached hydrogens (tertiary/aromatic N) is 2. The highest BCUT2D eigenvalue weighted by molar-refractivity contribution is 6.23. The van der Waals surface area contributed by atoms with Crippen molar-refractivity contribution in [2.75, 3.05) is 12.0 Å². The third kappa shape index (κ3) is 2.83. The van der Waals surface area contributed by atoms with Gasteiger partial charge in [-0.3, -0.25) is 4.79 Å². The quantitative estimate of drug-likeness (QED) is 0.681. The zero-order valence-corrected chi connectivity index (χ0v) is 12.4. The lowest BCUT2D eigenvalue weighted by atomic mass is 10.1. The number of halogens is 3. The molecule has 23 heavy (non-hydrogen) atoms. The minimum absolute atomic E-state index is 0.293. The van der Waals surface area contributed by atoms with Crippen LogP contribution in [0.1, 0.15) is 19.4 Å². The van der Waals surface area contributed by atoms with Crippen molar-refractivity contribution in [3.8, 4) is 0 Å². The Morgan fingerprint density at radius 3 is 2.30 bits per heavy atom. The minimum atomic E-state index is -4.87. The highest BCUT2D eigenvalue weighted by Gasteiger charge is 2.47. The van der Waals surface area contributed by atoms with Crippen molar-refractivity contribution in [3.63, 3.8) is 0 Å². The summed E-state index contributed by atoms with van der Waals surface area (Å²) in [5, 5.41) is 2.36. The first kappa shape index (κ1) is 16.7. The lowest BCUT2D eigenvalue weighted by molar-refractivity contribution is -0.737. The maximum atomic E-state index is 13.1. The number of carbonyl (C=O) groups excluding carboxylic acids is 2. The van der Waals surface area contributed by atoms with Crippen molar-refractivity contribution < 1.29 is 32.5 Å². The van der Waals surface area contributed by atoms with E-state index < -0.39 is 34.9 Å². The van der Waals surface area contributed by atoms with Crippen molar-refractivity contribution in [2.45, 2.75) is 25.6 Å². The average molecular weight is 332 g/mol. The number of nitrogens with one attached hydrogen (secondary N) is 1. The Morgan fingerprint density at radius 2 is 1.87 bits per heavy atom. The fourth-order valence-corrected chi connectivity index (χ4v) is 2.13. The highest BCUT2D eigenvalue weighted by Crippen LogP contribution is 2.39. The molecule has 0 spiro atoms. The monoisotopic (exact) mass is 332 g/mol. The molecule has 0 atom stereocenters. The summed E-state index contributed by atoms with van der Waals surface area (Å²) >= 11 is 0. The lowest BCUT2D eigenvalue weighted by Crippen LogP contribution is -2.40. The van der Waals surface area contributed by atoms with Crippen LogP contribution in [0, 0.1) is 4.91 Å². The molecule has 1 aliphatic heterocycles. The van der Waals surface area contributed by atoms with Gasteiger partial charge in [0.1, 0.15) is 11.1 Å². The first-order valence-electron chi connectivity index (χ1n) is 6.38. The number of anilines is 1. The first-order valence-corrected chi connectivity index (χ1v) is 6.38. The molecule has 0 bridgehead atoms. The summed E-state index contributed by atoms with van der Waals surface area (Å²) in [7, 11) is 0.918. The smallest absolute Gasteiger partial charge is 0.323 e. The molecule has 1 N–H and O–H groups in total. The minimum Gasteiger partial charge on any atom is -0.323 e. The van der Waals surface area contributed by atoms with Crippen molar-refractivity contribution >= 4 is 23.3 Å². The number of rotatable bonds is 3. The predicted octanol–water partition coefficient (Wildman–Crippen LogP) is 2.51. The molecule has 1 fully saturated rings. The summed E-state index contributed by atoms with van der Waals surface area (Å²) in [6.45, 7) is 2.85. The molecule has 7 nitrogen and oxygen atoms in total. The van der Waals surface area contributed by atoms with Gasteiger partial charge in [-0.1, -0.05) is 0 Å². The molecule has 1 aromatic carbocycles. The molecule has 1 saturated heterocycles. The summed E-state index contributed by atoms with van der Waals surface area (Å²) in [5.41, 5.74) is -3.63. The van der Waals surface area contributed by atoms with Gasteiger partial charge in [0.25, 0.3) is 10.8 Å². The van der Waals surface area contributed by atoms with E-state index in [-0.39, 0.29) is 10.6 Å². The molecule has 0 aromatic heterocycles. The van der Waals surface area contributed by atoms with E-state index in [1.54, 1.807) is 0 Å². The van der Waals surface area contributed by atoms with Crippen molar-refractivity contribution in [1.29, 1.82) is 0 Å². The van der Waals surface area contributed by atoms with Gasteiger partial charge in [0, 0.05) is 6.07 Å². The van der Waals surface area contributed by atoms with Crippen LogP contribution in [0.3, 0.4) is 0 Å². The van der Waals surface area contributed by atoms with E-state index in [9.17, 15) is 27.7 Å². The fourth-order valence-electron chi connectivity index (χ4n) is 2.13. The van der Waals surface area contributed by atoms with Gasteiger partial charge in [-0.05, 0) is 26.0 Å². The molecule has 3 amide bonds. The first-order chi connectivity index (χ1) is 10.5. The topological polar surface area (TPSA) is 78.7 Å². The molecular weight excluding hydrogens is 319 g/mol. The van der Waals surface area contributed by atoms with Crippen molar-refractivity contribution in [1.82, 2.24) is 5.32 Å². The number of alkyl halides is 3. The number of imide groups is 1. The molecule has 10 heteroatoms. The van der Waals surface area contributed by atoms with E-state index in [0.29, 0.717) is 11.0 Å². The molecule has 0 radical (unpaired) electrons. The summed E-state index contributed by atoms with van der Waals surface area (Å²) < 4.78 is 39.4. The fraction of sp³-hybridized carbons (Fsp3) is 0.385. The Labute approximate surface area is 128 Å². The van der Waals surface area contributed by atoms with Crippen LogP contribution in [0.15, 0.2) is 18.2 Å². The molecule has 124 valence electrons. The molecule has 1 aliphatic rings. The number of hydrogen-bond donors (Lipinski definition) is 1. The Kier molecular flexibility index (Phi) is 3.79. The van der Waals surface area contributed by atoms with Gasteiger partial charge in [0.05, 0.1) is 10.6 Å². The zero-order valence-electron chi connectivity index (χ0n) is 12.4. The van der Waals surface area contributed by atoms with E-state index >= 15 is 0 Å². The molecule has 0 saturated carbocycles. The van der Waals surface area contributed by atoms with Crippen LogP contribution in [0.5, 0.6) is 0 Å². The van der Waals surface area contributed by atoms with E-state index in [1.165, 1.54) is 13.8 Å². The molecular formula is C13H13F3N3O4+. The normalized spacial score (nSPS) is 17.2. The summed E-state index contributed by atoms with van der Waals surface area (Å²) in [5.74, 6) is -0.700. The van der Waals surface area contributed by atoms with Gasteiger partial charge < -0.3 is 5.32 Å². The largest absolute Gasteiger partial charge is 0.423 e. The maximum absolute atomic E-state index is 13.1. The average Bonchev–Trinajstić information content (AvgIpc) is 2.65. The van der Waals surface area contributed by atoms with E-state index in [1.807, 2.05) is 0 Å². The van der Waals surface area contributed by atoms with Gasteiger partial charge in [0.15, 0.2) is 7.11 Å². The van der Waals surface area contributed by atoms with E-state index in [0.717, 1.165) is 19.2 Å². The second-order valence-electron chi connectivity index (χ2n) is 5.33. The number of carbonyl (C=O) groups is 2. The van der Waals surface area contributed by atoms with Crippen LogP contribution in [0.2, 0.25) is 0 Å². The number of benzene rings is 1. The van der Waals surface area contributed by atoms with E-state index in [4.69, 9.17) is 0 Å². The SMILES string of the molecule is CO[N+](=O)c1ccc(N2C(=O)NC(C)(C)C2=O)cc1C(F)(F)F. The third-order valence-electron chi connectivity index (χ3n) is 3.27. The third-order valence-corrected chi connectivity index (χ3v) is 3.27. The van der Waals surface area contributed by atoms with Crippen LogP contribution < -0.4 is 10.2 Å². The standard InChI is InChI=1S/C13H12F3N3O4/c1-12(2)10(20)18(11(21)17-12)7-4-5-9(19(22)23-3)8(6-7)13(14,15)16/h4-6H,1-3H3/p+1. The molecule has 1 heterocycles. The molecule has 0 aliphatic carbocycles. The van der Waals surface area contributed by atoms with Crippen LogP contribution >= 0.6 is 0 Å². The van der Waals surface area contributed by atoms with Gasteiger partial charge in [-0.25, -0.2) is 14.5 Å². The zero-order chi connectivity index (χ0) is 17.6. The second kappa shape index (κ2) is 5.21.